The highest BCUT2D eigenvalue weighted by Crippen LogP contribution is 2.23. The molecule has 0 amide bonds. The third-order valence-corrected chi connectivity index (χ3v) is 2.88. The van der Waals surface area contributed by atoms with E-state index in [1.54, 1.807) is 0 Å². The first-order chi connectivity index (χ1) is 8.66. The molecule has 0 fully saturated rings. The molecule has 0 spiro atoms. The predicted molar refractivity (Wildman–Crippen MR) is 66.8 cm³/mol. The number of hydrogen-bond acceptors (Lipinski definition) is 4. The molecule has 94 valence electrons. The van der Waals surface area contributed by atoms with E-state index in [2.05, 4.69) is 21.1 Å². The van der Waals surface area contributed by atoms with E-state index in [0.717, 1.165) is 10.2 Å². The smallest absolute Gasteiger partial charge is 0.358 e. The van der Waals surface area contributed by atoms with Crippen molar-refractivity contribution in [3.05, 3.63) is 46.3 Å². The Morgan fingerprint density at radius 3 is 2.89 bits per heavy atom. The lowest BCUT2D eigenvalue weighted by atomic mass is 10.3. The van der Waals surface area contributed by atoms with Gasteiger partial charge < -0.3 is 14.4 Å². The van der Waals surface area contributed by atoms with Crippen LogP contribution in [-0.4, -0.2) is 22.8 Å². The molecule has 1 N–H and O–H groups in total. The molecular formula is C12H10BrNO4. The van der Waals surface area contributed by atoms with Gasteiger partial charge in [0.05, 0.1) is 11.1 Å². The predicted octanol–water partition coefficient (Wildman–Crippen LogP) is 2.76. The second-order valence-electron chi connectivity index (χ2n) is 3.51. The van der Waals surface area contributed by atoms with Gasteiger partial charge in [-0.1, -0.05) is 17.3 Å². The molecule has 0 saturated heterocycles. The summed E-state index contributed by atoms with van der Waals surface area (Å²) in [7, 11) is 0. The molecule has 2 rings (SSSR count). The molecule has 5 nitrogen and oxygen atoms in total. The van der Waals surface area contributed by atoms with Gasteiger partial charge in [-0.2, -0.15) is 0 Å². The number of carboxylic acid groups (broad SMARTS) is 1. The molecule has 0 saturated carbocycles. The summed E-state index contributed by atoms with van der Waals surface area (Å²) in [5, 5.41) is 12.1. The van der Waals surface area contributed by atoms with Crippen LogP contribution in [0.4, 0.5) is 0 Å². The van der Waals surface area contributed by atoms with E-state index in [-0.39, 0.29) is 5.69 Å². The SMILES string of the molecule is O=C(O)c1cc(CCOc2ccccc2Br)on1. The van der Waals surface area contributed by atoms with Gasteiger partial charge in [-0.15, -0.1) is 0 Å². The lowest BCUT2D eigenvalue weighted by molar-refractivity contribution is 0.0685. The van der Waals surface area contributed by atoms with Crippen molar-refractivity contribution in [3.63, 3.8) is 0 Å². The van der Waals surface area contributed by atoms with Crippen molar-refractivity contribution in [1.82, 2.24) is 5.16 Å². The molecule has 0 aliphatic rings. The number of rotatable bonds is 5. The van der Waals surface area contributed by atoms with Gasteiger partial charge in [0.1, 0.15) is 11.5 Å². The summed E-state index contributed by atoms with van der Waals surface area (Å²) in [5.41, 5.74) is -0.0918. The normalized spacial score (nSPS) is 10.3. The summed E-state index contributed by atoms with van der Waals surface area (Å²) in [6.45, 7) is 0.386. The summed E-state index contributed by atoms with van der Waals surface area (Å²) in [6, 6.07) is 8.88. The number of ether oxygens (including phenoxy) is 1. The van der Waals surface area contributed by atoms with Crippen molar-refractivity contribution in [2.45, 2.75) is 6.42 Å². The minimum absolute atomic E-state index is 0.0918. The van der Waals surface area contributed by atoms with Crippen molar-refractivity contribution in [3.8, 4) is 5.75 Å². The molecule has 0 aliphatic heterocycles. The number of nitrogens with zero attached hydrogens (tertiary/aromatic N) is 1. The fourth-order valence-electron chi connectivity index (χ4n) is 1.35. The molecule has 0 aliphatic carbocycles. The Kier molecular flexibility index (Phi) is 3.99. The first-order valence-corrected chi connectivity index (χ1v) is 6.02. The number of para-hydroxylation sites is 1. The molecule has 1 heterocycles. The average molecular weight is 312 g/mol. The van der Waals surface area contributed by atoms with Crippen molar-refractivity contribution in [2.75, 3.05) is 6.61 Å². The standard InChI is InChI=1S/C12H10BrNO4/c13-9-3-1-2-4-11(9)17-6-5-8-7-10(12(15)16)14-18-8/h1-4,7H,5-6H2,(H,15,16). The lowest BCUT2D eigenvalue weighted by Gasteiger charge is -2.05. The van der Waals surface area contributed by atoms with E-state index < -0.39 is 5.97 Å². The first kappa shape index (κ1) is 12.6. The Balaban J connectivity index is 1.88. The van der Waals surface area contributed by atoms with Gasteiger partial charge in [0.25, 0.3) is 0 Å². The maximum absolute atomic E-state index is 10.6. The minimum atomic E-state index is -1.10. The number of aromatic carboxylic acids is 1. The molecule has 0 bridgehead atoms. The Bertz CT molecular complexity index is 553. The highest BCUT2D eigenvalue weighted by molar-refractivity contribution is 9.10. The molecule has 1 aromatic carbocycles. The van der Waals surface area contributed by atoms with Gasteiger partial charge in [0, 0.05) is 12.5 Å². The van der Waals surface area contributed by atoms with Crippen LogP contribution in [0.15, 0.2) is 39.3 Å². The van der Waals surface area contributed by atoms with Crippen LogP contribution in [0.2, 0.25) is 0 Å². The Morgan fingerprint density at radius 1 is 1.44 bits per heavy atom. The molecule has 0 radical (unpaired) electrons. The van der Waals surface area contributed by atoms with E-state index in [9.17, 15) is 4.79 Å². The maximum Gasteiger partial charge on any atom is 0.358 e. The Labute approximate surface area is 111 Å². The van der Waals surface area contributed by atoms with Gasteiger partial charge in [-0.25, -0.2) is 4.79 Å². The van der Waals surface area contributed by atoms with Gasteiger partial charge in [-0.05, 0) is 28.1 Å². The molecule has 0 atom stereocenters. The topological polar surface area (TPSA) is 72.6 Å². The molecule has 6 heteroatoms. The van der Waals surface area contributed by atoms with Gasteiger partial charge in [-0.3, -0.25) is 0 Å². The van der Waals surface area contributed by atoms with E-state index in [1.807, 2.05) is 24.3 Å². The zero-order valence-electron chi connectivity index (χ0n) is 9.30. The van der Waals surface area contributed by atoms with Crippen molar-refractivity contribution >= 4 is 21.9 Å². The summed E-state index contributed by atoms with van der Waals surface area (Å²) in [4.78, 5) is 10.6. The Morgan fingerprint density at radius 2 is 2.22 bits per heavy atom. The minimum Gasteiger partial charge on any atom is -0.492 e. The van der Waals surface area contributed by atoms with E-state index in [1.165, 1.54) is 6.07 Å². The fraction of sp³-hybridized carbons (Fsp3) is 0.167. The van der Waals surface area contributed by atoms with Gasteiger partial charge >= 0.3 is 5.97 Å². The van der Waals surface area contributed by atoms with E-state index >= 15 is 0 Å². The number of benzene rings is 1. The summed E-state index contributed by atoms with van der Waals surface area (Å²) in [6.07, 6.45) is 0.460. The van der Waals surface area contributed by atoms with Gasteiger partial charge in [0.2, 0.25) is 0 Å². The highest BCUT2D eigenvalue weighted by Gasteiger charge is 2.10. The van der Waals surface area contributed by atoms with Crippen LogP contribution >= 0.6 is 15.9 Å². The van der Waals surface area contributed by atoms with Crippen LogP contribution < -0.4 is 4.74 Å². The third-order valence-electron chi connectivity index (χ3n) is 2.22. The average Bonchev–Trinajstić information content (AvgIpc) is 2.80. The van der Waals surface area contributed by atoms with E-state index in [4.69, 9.17) is 14.4 Å². The van der Waals surface area contributed by atoms with Crippen molar-refractivity contribution < 1.29 is 19.2 Å². The number of hydrogen-bond donors (Lipinski definition) is 1. The second kappa shape index (κ2) is 5.68. The molecular weight excluding hydrogens is 302 g/mol. The quantitative estimate of drug-likeness (QED) is 0.919. The molecule has 18 heavy (non-hydrogen) atoms. The van der Waals surface area contributed by atoms with Crippen molar-refractivity contribution in [1.29, 1.82) is 0 Å². The maximum atomic E-state index is 10.6. The van der Waals surface area contributed by atoms with Crippen LogP contribution in [0, 0.1) is 0 Å². The van der Waals surface area contributed by atoms with Crippen LogP contribution in [0.3, 0.4) is 0 Å². The molecule has 1 aromatic heterocycles. The molecule has 0 unspecified atom stereocenters. The lowest BCUT2D eigenvalue weighted by Crippen LogP contribution is -2.01. The van der Waals surface area contributed by atoms with Gasteiger partial charge in [0.15, 0.2) is 5.69 Å². The van der Waals surface area contributed by atoms with Crippen LogP contribution in [-0.2, 0) is 6.42 Å². The van der Waals surface area contributed by atoms with Crippen molar-refractivity contribution in [2.24, 2.45) is 0 Å². The number of halogens is 1. The zero-order chi connectivity index (χ0) is 13.0. The van der Waals surface area contributed by atoms with E-state index in [0.29, 0.717) is 18.8 Å². The van der Waals surface area contributed by atoms with Crippen LogP contribution in [0.25, 0.3) is 0 Å². The highest BCUT2D eigenvalue weighted by atomic mass is 79.9. The van der Waals surface area contributed by atoms with Crippen LogP contribution in [0.1, 0.15) is 16.2 Å². The number of carbonyl (C=O) groups is 1. The zero-order valence-corrected chi connectivity index (χ0v) is 10.9. The summed E-state index contributed by atoms with van der Waals surface area (Å²) < 4.78 is 11.3. The molecule has 2 aromatic rings. The number of aromatic nitrogens is 1. The first-order valence-electron chi connectivity index (χ1n) is 5.23. The summed E-state index contributed by atoms with van der Waals surface area (Å²) in [5.74, 6) is 0.117. The number of carboxylic acids is 1. The fourth-order valence-corrected chi connectivity index (χ4v) is 1.75. The Hall–Kier alpha value is -1.82. The van der Waals surface area contributed by atoms with Crippen LogP contribution in [0.5, 0.6) is 5.75 Å². The third kappa shape index (κ3) is 3.10. The summed E-state index contributed by atoms with van der Waals surface area (Å²) >= 11 is 3.37. The monoisotopic (exact) mass is 311 g/mol. The largest absolute Gasteiger partial charge is 0.492 e. The second-order valence-corrected chi connectivity index (χ2v) is 4.37.